The van der Waals surface area contributed by atoms with Gasteiger partial charge in [-0.25, -0.2) is 4.99 Å². The van der Waals surface area contributed by atoms with Crippen molar-refractivity contribution in [2.75, 3.05) is 27.2 Å². The van der Waals surface area contributed by atoms with Gasteiger partial charge < -0.3 is 20.1 Å². The number of nitrogens with zero attached hydrogens (tertiary/aromatic N) is 3. The van der Waals surface area contributed by atoms with Crippen molar-refractivity contribution in [3.63, 3.8) is 0 Å². The number of hydrogen-bond donors (Lipinski definition) is 2. The van der Waals surface area contributed by atoms with Crippen LogP contribution >= 0.6 is 24.0 Å². The quantitative estimate of drug-likeness (QED) is 0.198. The number of amides is 1. The van der Waals surface area contributed by atoms with Crippen molar-refractivity contribution >= 4 is 46.7 Å². The van der Waals surface area contributed by atoms with Gasteiger partial charge in [0.2, 0.25) is 0 Å². The second-order valence-electron chi connectivity index (χ2n) is 7.44. The van der Waals surface area contributed by atoms with E-state index in [2.05, 4.69) is 63.6 Å². The molecule has 7 heteroatoms. The smallest absolute Gasteiger partial charge is 0.253 e. The summed E-state index contributed by atoms with van der Waals surface area (Å²) < 4.78 is 2.29. The molecule has 3 aromatic rings. The van der Waals surface area contributed by atoms with Crippen LogP contribution in [0.2, 0.25) is 0 Å². The largest absolute Gasteiger partial charge is 0.357 e. The molecule has 0 aliphatic heterocycles. The maximum atomic E-state index is 12.0. The molecular weight excluding hydrogens is 501 g/mol. The summed E-state index contributed by atoms with van der Waals surface area (Å²) in [7, 11) is 3.52. The summed E-state index contributed by atoms with van der Waals surface area (Å²) >= 11 is 0. The highest BCUT2D eigenvalue weighted by atomic mass is 127. The zero-order chi connectivity index (χ0) is 21.3. The second-order valence-corrected chi connectivity index (χ2v) is 7.44. The molecule has 2 aromatic carbocycles. The van der Waals surface area contributed by atoms with Gasteiger partial charge in [0.15, 0.2) is 5.96 Å². The molecule has 0 fully saturated rings. The van der Waals surface area contributed by atoms with Crippen molar-refractivity contribution in [3.8, 4) is 0 Å². The minimum Gasteiger partial charge on any atom is -0.357 e. The van der Waals surface area contributed by atoms with Crippen molar-refractivity contribution in [2.45, 2.75) is 26.4 Å². The third-order valence-electron chi connectivity index (χ3n) is 4.92. The summed E-state index contributed by atoms with van der Waals surface area (Å²) in [4.78, 5) is 18.2. The Hall–Kier alpha value is -2.55. The number of halogens is 1. The Morgan fingerprint density at radius 2 is 1.77 bits per heavy atom. The Kier molecular flexibility index (Phi) is 9.84. The number of carbonyl (C=O) groups excluding carboxylic acids is 1. The summed E-state index contributed by atoms with van der Waals surface area (Å²) in [6.45, 7) is 5.24. The molecule has 0 saturated heterocycles. The molecule has 1 heterocycles. The summed E-state index contributed by atoms with van der Waals surface area (Å²) in [6, 6.07) is 18.2. The zero-order valence-electron chi connectivity index (χ0n) is 18.5. The lowest BCUT2D eigenvalue weighted by Gasteiger charge is -2.12. The van der Waals surface area contributed by atoms with E-state index in [4.69, 9.17) is 0 Å². The van der Waals surface area contributed by atoms with Crippen LogP contribution in [0, 0.1) is 0 Å². The van der Waals surface area contributed by atoms with Gasteiger partial charge in [-0.2, -0.15) is 0 Å². The lowest BCUT2D eigenvalue weighted by molar-refractivity contribution is 0.0827. The lowest BCUT2D eigenvalue weighted by atomic mass is 10.1. The molecule has 0 spiro atoms. The van der Waals surface area contributed by atoms with E-state index >= 15 is 0 Å². The first kappa shape index (κ1) is 24.7. The lowest BCUT2D eigenvalue weighted by Crippen LogP contribution is -2.38. The molecule has 1 amide bonds. The molecule has 6 nitrogen and oxygen atoms in total. The summed E-state index contributed by atoms with van der Waals surface area (Å²) in [5.41, 5.74) is 3.03. The van der Waals surface area contributed by atoms with Gasteiger partial charge in [0.25, 0.3) is 5.91 Å². The van der Waals surface area contributed by atoms with Crippen LogP contribution in [0.3, 0.4) is 0 Å². The molecule has 31 heavy (non-hydrogen) atoms. The minimum atomic E-state index is 0. The molecular formula is C24H32IN5O. The van der Waals surface area contributed by atoms with E-state index in [1.54, 1.807) is 19.0 Å². The maximum Gasteiger partial charge on any atom is 0.253 e. The number of aromatic nitrogens is 1. The number of rotatable bonds is 8. The molecule has 0 saturated carbocycles. The number of aliphatic imine (C=N–C) groups is 1. The molecule has 0 atom stereocenters. The number of nitrogens with one attached hydrogen (secondary N) is 2. The first-order valence-corrected chi connectivity index (χ1v) is 10.4. The second kappa shape index (κ2) is 12.3. The number of hydrogen-bond acceptors (Lipinski definition) is 2. The van der Waals surface area contributed by atoms with Crippen molar-refractivity contribution in [1.29, 1.82) is 0 Å². The molecule has 0 aliphatic rings. The Morgan fingerprint density at radius 3 is 2.48 bits per heavy atom. The summed E-state index contributed by atoms with van der Waals surface area (Å²) in [5, 5.41) is 7.98. The Morgan fingerprint density at radius 1 is 1.03 bits per heavy atom. The van der Waals surface area contributed by atoms with Crippen LogP contribution in [-0.4, -0.2) is 48.5 Å². The van der Waals surface area contributed by atoms with Gasteiger partial charge in [-0.3, -0.25) is 4.79 Å². The third-order valence-corrected chi connectivity index (χ3v) is 4.92. The van der Waals surface area contributed by atoms with Gasteiger partial charge in [0.1, 0.15) is 0 Å². The topological polar surface area (TPSA) is 61.7 Å². The average molecular weight is 533 g/mol. The highest BCUT2D eigenvalue weighted by molar-refractivity contribution is 14.0. The number of guanidine groups is 1. The monoisotopic (exact) mass is 533 g/mol. The van der Waals surface area contributed by atoms with Crippen LogP contribution in [-0.2, 0) is 13.1 Å². The fraction of sp³-hybridized carbons (Fsp3) is 0.333. The molecule has 3 rings (SSSR count). The first-order valence-electron chi connectivity index (χ1n) is 10.4. The molecule has 1 aromatic heterocycles. The Bertz CT molecular complexity index is 995. The van der Waals surface area contributed by atoms with Crippen molar-refractivity contribution < 1.29 is 4.79 Å². The normalized spacial score (nSPS) is 11.1. The van der Waals surface area contributed by atoms with E-state index in [0.29, 0.717) is 12.1 Å². The Balaban J connectivity index is 0.00000341. The fourth-order valence-corrected chi connectivity index (χ4v) is 3.31. The molecule has 0 bridgehead atoms. The predicted molar refractivity (Wildman–Crippen MR) is 139 cm³/mol. The number of carbonyl (C=O) groups is 1. The molecule has 0 radical (unpaired) electrons. The summed E-state index contributed by atoms with van der Waals surface area (Å²) in [6.07, 6.45) is 3.15. The fourth-order valence-electron chi connectivity index (χ4n) is 3.31. The van der Waals surface area contributed by atoms with Crippen LogP contribution in [0.25, 0.3) is 10.9 Å². The average Bonchev–Trinajstić information content (AvgIpc) is 3.18. The van der Waals surface area contributed by atoms with Crippen LogP contribution in [0.15, 0.2) is 65.8 Å². The van der Waals surface area contributed by atoms with Crippen molar-refractivity contribution in [2.24, 2.45) is 4.99 Å². The SMILES string of the molecule is CCNC(=NCc1ccc(C(=O)N(C)C)cc1)NCCCn1ccc2ccccc21.I. The standard InChI is InChI=1S/C24H31N5O.HI/c1-4-25-24(27-18-19-10-12-21(13-11-19)23(30)28(2)3)26-15-7-16-29-17-14-20-8-5-6-9-22(20)29;/h5-6,8-14,17H,4,7,15-16,18H2,1-3H3,(H2,25,26,27);1H. The van der Waals surface area contributed by atoms with E-state index in [1.165, 1.54) is 10.9 Å². The maximum absolute atomic E-state index is 12.0. The van der Waals surface area contributed by atoms with Gasteiger partial charge in [-0.15, -0.1) is 24.0 Å². The van der Waals surface area contributed by atoms with Crippen LogP contribution in [0.5, 0.6) is 0 Å². The van der Waals surface area contributed by atoms with Gasteiger partial charge in [0, 0.05) is 51.0 Å². The van der Waals surface area contributed by atoms with Crippen LogP contribution < -0.4 is 10.6 Å². The minimum absolute atomic E-state index is 0. The van der Waals surface area contributed by atoms with Gasteiger partial charge in [0.05, 0.1) is 6.54 Å². The van der Waals surface area contributed by atoms with E-state index in [-0.39, 0.29) is 29.9 Å². The Labute approximate surface area is 201 Å². The summed E-state index contributed by atoms with van der Waals surface area (Å²) in [5.74, 6) is 0.818. The number of para-hydroxylation sites is 1. The predicted octanol–water partition coefficient (Wildman–Crippen LogP) is 4.11. The van der Waals surface area contributed by atoms with E-state index in [0.717, 1.165) is 37.6 Å². The van der Waals surface area contributed by atoms with E-state index < -0.39 is 0 Å². The first-order chi connectivity index (χ1) is 14.6. The number of benzene rings is 2. The van der Waals surface area contributed by atoms with E-state index in [9.17, 15) is 4.79 Å². The van der Waals surface area contributed by atoms with E-state index in [1.807, 2.05) is 24.3 Å². The van der Waals surface area contributed by atoms with Gasteiger partial charge in [-0.05, 0) is 48.6 Å². The van der Waals surface area contributed by atoms with Crippen LogP contribution in [0.4, 0.5) is 0 Å². The van der Waals surface area contributed by atoms with Crippen LogP contribution in [0.1, 0.15) is 29.3 Å². The molecule has 0 aliphatic carbocycles. The molecule has 0 unspecified atom stereocenters. The van der Waals surface area contributed by atoms with Crippen molar-refractivity contribution in [1.82, 2.24) is 20.1 Å². The highest BCUT2D eigenvalue weighted by Gasteiger charge is 2.07. The van der Waals surface area contributed by atoms with Crippen molar-refractivity contribution in [3.05, 3.63) is 71.9 Å². The number of aryl methyl sites for hydroxylation is 1. The molecule has 166 valence electrons. The number of fused-ring (bicyclic) bond motifs is 1. The zero-order valence-corrected chi connectivity index (χ0v) is 20.8. The van der Waals surface area contributed by atoms with Gasteiger partial charge in [-0.1, -0.05) is 30.3 Å². The molecule has 2 N–H and O–H groups in total. The third kappa shape index (κ3) is 6.99. The highest BCUT2D eigenvalue weighted by Crippen LogP contribution is 2.15. The van der Waals surface area contributed by atoms with Gasteiger partial charge >= 0.3 is 0 Å².